The first-order valence-corrected chi connectivity index (χ1v) is 5.63. The van der Waals surface area contributed by atoms with E-state index in [-0.39, 0.29) is 10.6 Å². The average Bonchev–Trinajstić information content (AvgIpc) is 2.77. The van der Waals surface area contributed by atoms with Crippen molar-refractivity contribution in [1.82, 2.24) is 9.55 Å². The molecule has 2 aromatic rings. The van der Waals surface area contributed by atoms with Crippen LogP contribution in [0.2, 0.25) is 0 Å². The lowest BCUT2D eigenvalue weighted by molar-refractivity contribution is -0.385. The Bertz CT molecular complexity index is 551. The minimum absolute atomic E-state index is 0.131. The monoisotopic (exact) mass is 246 g/mol. The fourth-order valence-corrected chi connectivity index (χ4v) is 1.79. The Morgan fingerprint density at radius 2 is 2.17 bits per heavy atom. The fraction of sp³-hybridized carbons (Fsp3) is 0.250. The third-order valence-corrected chi connectivity index (χ3v) is 2.63. The minimum Gasteiger partial charge on any atom is -0.333 e. The van der Waals surface area contributed by atoms with Crippen molar-refractivity contribution >= 4 is 5.69 Å². The van der Waals surface area contributed by atoms with Crippen LogP contribution in [0.15, 0.2) is 36.8 Å². The van der Waals surface area contributed by atoms with E-state index in [0.717, 1.165) is 5.69 Å². The van der Waals surface area contributed by atoms with Crippen LogP contribution in [-0.4, -0.2) is 21.0 Å². The predicted molar refractivity (Wildman–Crippen MR) is 67.2 cm³/mol. The summed E-state index contributed by atoms with van der Waals surface area (Å²) < 4.78 is 1.83. The number of aromatic nitrogens is 2. The van der Waals surface area contributed by atoms with E-state index in [1.165, 1.54) is 6.07 Å². The maximum Gasteiger partial charge on any atom is 0.274 e. The van der Waals surface area contributed by atoms with Gasteiger partial charge < -0.3 is 10.3 Å². The van der Waals surface area contributed by atoms with Crippen LogP contribution >= 0.6 is 0 Å². The van der Waals surface area contributed by atoms with Crippen LogP contribution in [0.5, 0.6) is 0 Å². The summed E-state index contributed by atoms with van der Waals surface area (Å²) in [6.45, 7) is 0.983. The van der Waals surface area contributed by atoms with Crippen molar-refractivity contribution in [2.24, 2.45) is 5.73 Å². The molecule has 6 heteroatoms. The Kier molecular flexibility index (Phi) is 3.69. The first kappa shape index (κ1) is 12.3. The number of para-hydroxylation sites is 1. The number of rotatable bonds is 5. The second kappa shape index (κ2) is 5.42. The number of imidazole rings is 1. The molecule has 0 spiro atoms. The molecule has 0 bridgehead atoms. The lowest BCUT2D eigenvalue weighted by atomic mass is 10.2. The highest BCUT2D eigenvalue weighted by Gasteiger charge is 2.12. The number of nitro groups is 1. The SMILES string of the molecule is NCCc1cn(Cc2ccccc2[N+](=O)[O-])cn1. The van der Waals surface area contributed by atoms with Crippen LogP contribution < -0.4 is 5.73 Å². The molecule has 1 aromatic carbocycles. The lowest BCUT2D eigenvalue weighted by Gasteiger charge is -2.03. The molecule has 18 heavy (non-hydrogen) atoms. The van der Waals surface area contributed by atoms with Gasteiger partial charge in [0.25, 0.3) is 5.69 Å². The third kappa shape index (κ3) is 2.72. The Balaban J connectivity index is 2.20. The maximum absolute atomic E-state index is 10.9. The van der Waals surface area contributed by atoms with E-state index in [4.69, 9.17) is 5.73 Å². The molecule has 0 saturated carbocycles. The van der Waals surface area contributed by atoms with Gasteiger partial charge in [0, 0.05) is 24.2 Å². The molecule has 2 rings (SSSR count). The van der Waals surface area contributed by atoms with Gasteiger partial charge in [-0.1, -0.05) is 18.2 Å². The number of nitrogens with two attached hydrogens (primary N) is 1. The molecule has 0 radical (unpaired) electrons. The van der Waals surface area contributed by atoms with Gasteiger partial charge in [0.15, 0.2) is 0 Å². The van der Waals surface area contributed by atoms with Gasteiger partial charge in [0.1, 0.15) is 0 Å². The van der Waals surface area contributed by atoms with E-state index >= 15 is 0 Å². The largest absolute Gasteiger partial charge is 0.333 e. The van der Waals surface area contributed by atoms with Gasteiger partial charge in [0.2, 0.25) is 0 Å². The van der Waals surface area contributed by atoms with Crippen LogP contribution in [0.1, 0.15) is 11.3 Å². The quantitative estimate of drug-likeness (QED) is 0.637. The van der Waals surface area contributed by atoms with Crippen LogP contribution in [0, 0.1) is 10.1 Å². The Morgan fingerprint density at radius 1 is 1.39 bits per heavy atom. The Morgan fingerprint density at radius 3 is 2.89 bits per heavy atom. The van der Waals surface area contributed by atoms with Gasteiger partial charge >= 0.3 is 0 Å². The van der Waals surface area contributed by atoms with Crippen LogP contribution in [0.4, 0.5) is 5.69 Å². The average molecular weight is 246 g/mol. The van der Waals surface area contributed by atoms with E-state index in [1.807, 2.05) is 10.8 Å². The van der Waals surface area contributed by atoms with Crippen molar-refractivity contribution in [3.8, 4) is 0 Å². The fourth-order valence-electron chi connectivity index (χ4n) is 1.79. The number of benzene rings is 1. The normalized spacial score (nSPS) is 10.5. The molecule has 0 unspecified atom stereocenters. The first-order chi connectivity index (χ1) is 8.70. The second-order valence-corrected chi connectivity index (χ2v) is 3.96. The van der Waals surface area contributed by atoms with Crippen molar-refractivity contribution in [3.63, 3.8) is 0 Å². The Hall–Kier alpha value is -2.21. The highest BCUT2D eigenvalue weighted by molar-refractivity contribution is 5.39. The van der Waals surface area contributed by atoms with Gasteiger partial charge in [-0.2, -0.15) is 0 Å². The van der Waals surface area contributed by atoms with Gasteiger partial charge in [-0.3, -0.25) is 10.1 Å². The zero-order valence-corrected chi connectivity index (χ0v) is 9.82. The third-order valence-electron chi connectivity index (χ3n) is 2.63. The molecule has 0 amide bonds. The molecular formula is C12H14N4O2. The number of nitrogens with zero attached hydrogens (tertiary/aromatic N) is 3. The molecule has 0 fully saturated rings. The van der Waals surface area contributed by atoms with Crippen LogP contribution in [-0.2, 0) is 13.0 Å². The number of hydrogen-bond acceptors (Lipinski definition) is 4. The van der Waals surface area contributed by atoms with E-state index in [2.05, 4.69) is 4.98 Å². The van der Waals surface area contributed by atoms with Crippen LogP contribution in [0.25, 0.3) is 0 Å². The summed E-state index contributed by atoms with van der Waals surface area (Å²) in [6.07, 6.45) is 4.25. The van der Waals surface area contributed by atoms with Gasteiger partial charge in [0.05, 0.1) is 23.5 Å². The molecule has 2 N–H and O–H groups in total. The highest BCUT2D eigenvalue weighted by Crippen LogP contribution is 2.18. The Labute approximate surface area is 104 Å². The molecule has 0 aliphatic heterocycles. The molecule has 6 nitrogen and oxygen atoms in total. The molecule has 0 saturated heterocycles. The smallest absolute Gasteiger partial charge is 0.274 e. The highest BCUT2D eigenvalue weighted by atomic mass is 16.6. The molecule has 0 aliphatic rings. The summed E-state index contributed by atoms with van der Waals surface area (Å²) in [4.78, 5) is 14.7. The number of hydrogen-bond donors (Lipinski definition) is 1. The molecule has 94 valence electrons. The van der Waals surface area contributed by atoms with Crippen molar-refractivity contribution in [1.29, 1.82) is 0 Å². The van der Waals surface area contributed by atoms with E-state index < -0.39 is 0 Å². The van der Waals surface area contributed by atoms with Crippen molar-refractivity contribution in [2.75, 3.05) is 6.54 Å². The van der Waals surface area contributed by atoms with Crippen molar-refractivity contribution in [3.05, 3.63) is 58.2 Å². The predicted octanol–water partition coefficient (Wildman–Crippen LogP) is 1.34. The summed E-state index contributed by atoms with van der Waals surface area (Å²) in [5, 5.41) is 10.9. The van der Waals surface area contributed by atoms with E-state index in [0.29, 0.717) is 25.1 Å². The first-order valence-electron chi connectivity index (χ1n) is 5.63. The van der Waals surface area contributed by atoms with E-state index in [1.54, 1.807) is 24.5 Å². The molecular weight excluding hydrogens is 232 g/mol. The molecule has 0 aliphatic carbocycles. The maximum atomic E-state index is 10.9. The van der Waals surface area contributed by atoms with Crippen molar-refractivity contribution in [2.45, 2.75) is 13.0 Å². The zero-order chi connectivity index (χ0) is 13.0. The number of nitro benzene ring substituents is 1. The summed E-state index contributed by atoms with van der Waals surface area (Å²) in [5.74, 6) is 0. The molecule has 1 heterocycles. The molecule has 1 aromatic heterocycles. The van der Waals surface area contributed by atoms with Gasteiger partial charge in [-0.15, -0.1) is 0 Å². The van der Waals surface area contributed by atoms with Gasteiger partial charge in [-0.05, 0) is 6.54 Å². The standard InChI is InChI=1S/C12H14N4O2/c13-6-5-11-8-15(9-14-11)7-10-3-1-2-4-12(10)16(17)18/h1-4,8-9H,5-7,13H2. The summed E-state index contributed by atoms with van der Waals surface area (Å²) >= 11 is 0. The van der Waals surface area contributed by atoms with Crippen molar-refractivity contribution < 1.29 is 4.92 Å². The minimum atomic E-state index is -0.368. The van der Waals surface area contributed by atoms with E-state index in [9.17, 15) is 10.1 Å². The zero-order valence-electron chi connectivity index (χ0n) is 9.82. The second-order valence-electron chi connectivity index (χ2n) is 3.96. The van der Waals surface area contributed by atoms with Gasteiger partial charge in [-0.25, -0.2) is 4.98 Å². The summed E-state index contributed by atoms with van der Waals surface area (Å²) in [7, 11) is 0. The van der Waals surface area contributed by atoms with Crippen LogP contribution in [0.3, 0.4) is 0 Å². The lowest BCUT2D eigenvalue weighted by Crippen LogP contribution is -2.03. The summed E-state index contributed by atoms with van der Waals surface area (Å²) in [6, 6.07) is 6.71. The topological polar surface area (TPSA) is 87.0 Å². The summed E-state index contributed by atoms with van der Waals surface area (Å²) in [5.41, 5.74) is 7.14. The molecule has 0 atom stereocenters.